The predicted octanol–water partition coefficient (Wildman–Crippen LogP) is 0.0194. The Hall–Kier alpha value is -2.06. The lowest BCUT2D eigenvalue weighted by Crippen LogP contribution is -2.29. The first-order valence-electron chi connectivity index (χ1n) is 5.67. The highest BCUT2D eigenvalue weighted by Gasteiger charge is 2.07. The van der Waals surface area contributed by atoms with Crippen molar-refractivity contribution in [2.45, 2.75) is 13.3 Å². The molecule has 1 aromatic rings. The van der Waals surface area contributed by atoms with E-state index >= 15 is 0 Å². The molecule has 0 aliphatic rings. The zero-order chi connectivity index (χ0) is 13.4. The van der Waals surface area contributed by atoms with Crippen LogP contribution < -0.4 is 15.8 Å². The van der Waals surface area contributed by atoms with Crippen molar-refractivity contribution >= 4 is 5.91 Å². The summed E-state index contributed by atoms with van der Waals surface area (Å²) in [4.78, 5) is 15.7. The third kappa shape index (κ3) is 4.44. The molecule has 5 heteroatoms. The zero-order valence-corrected chi connectivity index (χ0v) is 10.4. The lowest BCUT2D eigenvalue weighted by molar-refractivity contribution is -0.122. The average Bonchev–Trinajstić information content (AvgIpc) is 2.36. The van der Waals surface area contributed by atoms with E-state index in [1.807, 2.05) is 13.0 Å². The molecule has 1 amide bonds. The van der Waals surface area contributed by atoms with Gasteiger partial charge in [0.1, 0.15) is 5.75 Å². The van der Waals surface area contributed by atoms with Gasteiger partial charge in [-0.2, -0.15) is 0 Å². The Morgan fingerprint density at radius 2 is 2.39 bits per heavy atom. The van der Waals surface area contributed by atoms with Gasteiger partial charge in [-0.05, 0) is 25.6 Å². The number of rotatable bonds is 6. The molecule has 0 saturated heterocycles. The van der Waals surface area contributed by atoms with Crippen molar-refractivity contribution in [1.29, 1.82) is 0 Å². The van der Waals surface area contributed by atoms with Crippen LogP contribution in [-0.4, -0.2) is 30.6 Å². The number of hydrogen-bond donors (Lipinski definition) is 2. The Labute approximate surface area is 107 Å². The molecule has 0 aliphatic heterocycles. The van der Waals surface area contributed by atoms with Crippen LogP contribution in [0, 0.1) is 19.3 Å². The maximum absolute atomic E-state index is 11.3. The summed E-state index contributed by atoms with van der Waals surface area (Å²) in [5.41, 5.74) is 7.16. The van der Waals surface area contributed by atoms with E-state index in [1.54, 1.807) is 6.07 Å². The molecule has 96 valence electrons. The van der Waals surface area contributed by atoms with Crippen LogP contribution in [0.15, 0.2) is 12.1 Å². The number of carbonyl (C=O) groups is 1. The van der Waals surface area contributed by atoms with Crippen LogP contribution in [-0.2, 0) is 11.2 Å². The van der Waals surface area contributed by atoms with Gasteiger partial charge in [-0.15, -0.1) is 6.42 Å². The zero-order valence-electron chi connectivity index (χ0n) is 10.4. The van der Waals surface area contributed by atoms with Gasteiger partial charge in [-0.3, -0.25) is 9.78 Å². The fourth-order valence-electron chi connectivity index (χ4n) is 1.39. The normalized spacial score (nSPS) is 9.61. The summed E-state index contributed by atoms with van der Waals surface area (Å²) < 4.78 is 5.40. The van der Waals surface area contributed by atoms with E-state index in [-0.39, 0.29) is 19.1 Å². The topological polar surface area (TPSA) is 77.2 Å². The molecule has 1 rings (SSSR count). The second-order valence-electron chi connectivity index (χ2n) is 3.71. The highest BCUT2D eigenvalue weighted by molar-refractivity contribution is 5.77. The largest absolute Gasteiger partial charge is 0.482 e. The molecule has 0 fully saturated rings. The summed E-state index contributed by atoms with van der Waals surface area (Å²) in [5, 5.41) is 2.52. The van der Waals surface area contributed by atoms with Gasteiger partial charge in [-0.1, -0.05) is 5.92 Å². The Bertz CT molecular complexity index is 452. The summed E-state index contributed by atoms with van der Waals surface area (Å²) >= 11 is 0. The SMILES string of the molecule is C#CCNC(=O)COc1ccc(C)nc1CCN. The number of hydrogen-bond acceptors (Lipinski definition) is 4. The summed E-state index contributed by atoms with van der Waals surface area (Å²) in [5.74, 6) is 2.65. The minimum atomic E-state index is -0.257. The Balaban J connectivity index is 2.61. The van der Waals surface area contributed by atoms with E-state index in [2.05, 4.69) is 16.2 Å². The highest BCUT2D eigenvalue weighted by atomic mass is 16.5. The molecule has 0 atom stereocenters. The number of ether oxygens (including phenoxy) is 1. The maximum Gasteiger partial charge on any atom is 0.258 e. The van der Waals surface area contributed by atoms with E-state index in [9.17, 15) is 4.79 Å². The van der Waals surface area contributed by atoms with E-state index in [0.717, 1.165) is 11.4 Å². The minimum absolute atomic E-state index is 0.0794. The van der Waals surface area contributed by atoms with Crippen LogP contribution in [0.4, 0.5) is 0 Å². The van der Waals surface area contributed by atoms with Gasteiger partial charge in [0.15, 0.2) is 6.61 Å². The minimum Gasteiger partial charge on any atom is -0.482 e. The number of aryl methyl sites for hydroxylation is 1. The quantitative estimate of drug-likeness (QED) is 0.695. The number of nitrogens with zero attached hydrogens (tertiary/aromatic N) is 1. The lowest BCUT2D eigenvalue weighted by atomic mass is 10.2. The van der Waals surface area contributed by atoms with Crippen molar-refractivity contribution in [3.8, 4) is 18.1 Å². The molecule has 0 aliphatic carbocycles. The third-order valence-corrected chi connectivity index (χ3v) is 2.20. The van der Waals surface area contributed by atoms with Crippen LogP contribution in [0.5, 0.6) is 5.75 Å². The lowest BCUT2D eigenvalue weighted by Gasteiger charge is -2.10. The highest BCUT2D eigenvalue weighted by Crippen LogP contribution is 2.17. The Morgan fingerprint density at radius 3 is 3.06 bits per heavy atom. The van der Waals surface area contributed by atoms with Crippen LogP contribution >= 0.6 is 0 Å². The summed E-state index contributed by atoms with van der Waals surface area (Å²) in [6, 6.07) is 3.62. The number of aromatic nitrogens is 1. The van der Waals surface area contributed by atoms with Gasteiger partial charge >= 0.3 is 0 Å². The molecule has 0 radical (unpaired) electrons. The van der Waals surface area contributed by atoms with Crippen molar-refractivity contribution in [3.63, 3.8) is 0 Å². The molecule has 0 spiro atoms. The van der Waals surface area contributed by atoms with Crippen LogP contribution in [0.25, 0.3) is 0 Å². The predicted molar refractivity (Wildman–Crippen MR) is 69.1 cm³/mol. The first kappa shape index (κ1) is 14.0. The standard InChI is InChI=1S/C13H17N3O2/c1-3-8-15-13(17)9-18-12-5-4-10(2)16-11(12)6-7-14/h1,4-5H,6-9,14H2,2H3,(H,15,17). The van der Waals surface area contributed by atoms with Crippen LogP contribution in [0.3, 0.4) is 0 Å². The number of pyridine rings is 1. The molecule has 5 nitrogen and oxygen atoms in total. The molecule has 1 aromatic heterocycles. The monoisotopic (exact) mass is 247 g/mol. The second-order valence-corrected chi connectivity index (χ2v) is 3.71. The molecule has 1 heterocycles. The average molecular weight is 247 g/mol. The molecule has 0 saturated carbocycles. The van der Waals surface area contributed by atoms with Crippen LogP contribution in [0.1, 0.15) is 11.4 Å². The molecule has 18 heavy (non-hydrogen) atoms. The van der Waals surface area contributed by atoms with Gasteiger partial charge < -0.3 is 15.8 Å². The van der Waals surface area contributed by atoms with Gasteiger partial charge in [0.05, 0.1) is 12.2 Å². The Kier molecular flexibility index (Phi) is 5.68. The molecule has 0 aromatic carbocycles. The molecule has 0 unspecified atom stereocenters. The van der Waals surface area contributed by atoms with Gasteiger partial charge in [-0.25, -0.2) is 0 Å². The number of amides is 1. The molecular formula is C13H17N3O2. The van der Waals surface area contributed by atoms with E-state index in [4.69, 9.17) is 16.9 Å². The number of terminal acetylenes is 1. The molecular weight excluding hydrogens is 230 g/mol. The second kappa shape index (κ2) is 7.30. The number of carbonyl (C=O) groups excluding carboxylic acids is 1. The summed E-state index contributed by atoms with van der Waals surface area (Å²) in [7, 11) is 0. The van der Waals surface area contributed by atoms with Crippen molar-refractivity contribution in [2.24, 2.45) is 5.73 Å². The summed E-state index contributed by atoms with van der Waals surface area (Å²) in [6.07, 6.45) is 5.65. The van der Waals surface area contributed by atoms with E-state index in [0.29, 0.717) is 18.7 Å². The first-order chi connectivity index (χ1) is 8.67. The van der Waals surface area contributed by atoms with Crippen molar-refractivity contribution in [2.75, 3.05) is 19.7 Å². The number of nitrogens with one attached hydrogen (secondary N) is 1. The van der Waals surface area contributed by atoms with E-state index < -0.39 is 0 Å². The smallest absolute Gasteiger partial charge is 0.258 e. The van der Waals surface area contributed by atoms with Crippen molar-refractivity contribution in [1.82, 2.24) is 10.3 Å². The third-order valence-electron chi connectivity index (χ3n) is 2.20. The summed E-state index contributed by atoms with van der Waals surface area (Å²) in [6.45, 7) is 2.49. The Morgan fingerprint density at radius 1 is 1.61 bits per heavy atom. The van der Waals surface area contributed by atoms with Crippen LogP contribution in [0.2, 0.25) is 0 Å². The van der Waals surface area contributed by atoms with Gasteiger partial charge in [0.25, 0.3) is 5.91 Å². The van der Waals surface area contributed by atoms with E-state index in [1.165, 1.54) is 0 Å². The van der Waals surface area contributed by atoms with Gasteiger partial charge in [0.2, 0.25) is 0 Å². The van der Waals surface area contributed by atoms with Crippen molar-refractivity contribution in [3.05, 3.63) is 23.5 Å². The number of nitrogens with two attached hydrogens (primary N) is 1. The fourth-order valence-corrected chi connectivity index (χ4v) is 1.39. The van der Waals surface area contributed by atoms with Gasteiger partial charge in [0, 0.05) is 12.1 Å². The fraction of sp³-hybridized carbons (Fsp3) is 0.385. The molecule has 3 N–H and O–H groups in total. The maximum atomic E-state index is 11.3. The van der Waals surface area contributed by atoms with Crippen molar-refractivity contribution < 1.29 is 9.53 Å². The molecule has 0 bridgehead atoms. The first-order valence-corrected chi connectivity index (χ1v) is 5.67.